The largest absolute Gasteiger partial charge is 0.369 e. The van der Waals surface area contributed by atoms with Gasteiger partial charge >= 0.3 is 0 Å². The van der Waals surface area contributed by atoms with Crippen LogP contribution in [0.4, 0.5) is 5.82 Å². The monoisotopic (exact) mass is 270 g/mol. The molecule has 1 amide bonds. The predicted molar refractivity (Wildman–Crippen MR) is 77.8 cm³/mol. The predicted octanol–water partition coefficient (Wildman–Crippen LogP) is 1.95. The van der Waals surface area contributed by atoms with E-state index in [0.29, 0.717) is 5.56 Å². The number of benzene rings is 1. The SMILES string of the molecule is CCc1ccc(C2CCNc3c(C(N)=O)cnn32)cc1. The molecule has 0 fully saturated rings. The molecule has 5 nitrogen and oxygen atoms in total. The number of fused-ring (bicyclic) bond motifs is 1. The highest BCUT2D eigenvalue weighted by Crippen LogP contribution is 2.31. The summed E-state index contributed by atoms with van der Waals surface area (Å²) in [6, 6.07) is 8.74. The summed E-state index contributed by atoms with van der Waals surface area (Å²) in [5, 5.41) is 7.55. The molecule has 1 aliphatic rings. The van der Waals surface area contributed by atoms with E-state index in [1.165, 1.54) is 11.1 Å². The molecule has 1 atom stereocenters. The zero-order valence-electron chi connectivity index (χ0n) is 11.5. The maximum Gasteiger partial charge on any atom is 0.254 e. The summed E-state index contributed by atoms with van der Waals surface area (Å²) in [6.07, 6.45) is 3.52. The van der Waals surface area contributed by atoms with Crippen LogP contribution in [0.3, 0.4) is 0 Å². The highest BCUT2D eigenvalue weighted by molar-refractivity contribution is 5.97. The first kappa shape index (κ1) is 12.7. The summed E-state index contributed by atoms with van der Waals surface area (Å²) < 4.78 is 1.87. The molecule has 0 radical (unpaired) electrons. The third-order valence-electron chi connectivity index (χ3n) is 3.84. The number of anilines is 1. The third kappa shape index (κ3) is 2.05. The van der Waals surface area contributed by atoms with Crippen molar-refractivity contribution in [3.63, 3.8) is 0 Å². The molecule has 3 N–H and O–H groups in total. The minimum Gasteiger partial charge on any atom is -0.369 e. The Hall–Kier alpha value is -2.30. The van der Waals surface area contributed by atoms with Crippen LogP contribution in [-0.4, -0.2) is 22.2 Å². The Bertz CT molecular complexity index is 630. The van der Waals surface area contributed by atoms with E-state index in [1.54, 1.807) is 6.20 Å². The van der Waals surface area contributed by atoms with Crippen molar-refractivity contribution in [2.24, 2.45) is 5.73 Å². The van der Waals surface area contributed by atoms with Crippen LogP contribution in [0.1, 0.15) is 40.9 Å². The van der Waals surface area contributed by atoms with Crippen molar-refractivity contribution in [1.82, 2.24) is 9.78 Å². The lowest BCUT2D eigenvalue weighted by Gasteiger charge is -2.26. The first-order chi connectivity index (χ1) is 9.70. The van der Waals surface area contributed by atoms with Gasteiger partial charge in [0.15, 0.2) is 0 Å². The lowest BCUT2D eigenvalue weighted by Crippen LogP contribution is -2.26. The number of nitrogens with one attached hydrogen (secondary N) is 1. The second-order valence-electron chi connectivity index (χ2n) is 5.04. The summed E-state index contributed by atoms with van der Waals surface area (Å²) in [5.74, 6) is 0.286. The molecule has 3 rings (SSSR count). The third-order valence-corrected chi connectivity index (χ3v) is 3.84. The van der Waals surface area contributed by atoms with E-state index in [2.05, 4.69) is 41.6 Å². The van der Waals surface area contributed by atoms with E-state index < -0.39 is 5.91 Å². The molecule has 0 spiro atoms. The number of aromatic nitrogens is 2. The number of aryl methyl sites for hydroxylation is 1. The molecule has 1 aromatic heterocycles. The van der Waals surface area contributed by atoms with Gasteiger partial charge in [0.25, 0.3) is 5.91 Å². The van der Waals surface area contributed by atoms with E-state index in [9.17, 15) is 4.79 Å². The molecule has 20 heavy (non-hydrogen) atoms. The number of hydrogen-bond donors (Lipinski definition) is 2. The number of rotatable bonds is 3. The van der Waals surface area contributed by atoms with Crippen LogP contribution in [0.25, 0.3) is 0 Å². The molecule has 0 bridgehead atoms. The minimum atomic E-state index is -0.444. The van der Waals surface area contributed by atoms with Gasteiger partial charge in [-0.25, -0.2) is 4.68 Å². The topological polar surface area (TPSA) is 72.9 Å². The van der Waals surface area contributed by atoms with Crippen molar-refractivity contribution in [3.8, 4) is 0 Å². The molecule has 5 heteroatoms. The number of carbonyl (C=O) groups excluding carboxylic acids is 1. The second kappa shape index (κ2) is 5.00. The summed E-state index contributed by atoms with van der Waals surface area (Å²) >= 11 is 0. The average molecular weight is 270 g/mol. The standard InChI is InChI=1S/C15H18N4O/c1-2-10-3-5-11(6-4-10)13-7-8-17-15-12(14(16)20)9-18-19(13)15/h3-6,9,13,17H,2,7-8H2,1H3,(H2,16,20). The van der Waals surface area contributed by atoms with E-state index in [-0.39, 0.29) is 6.04 Å². The molecule has 0 saturated carbocycles. The summed E-state index contributed by atoms with van der Waals surface area (Å²) in [5.41, 5.74) is 8.36. The molecular formula is C15H18N4O. The lowest BCUT2D eigenvalue weighted by atomic mass is 10.00. The maximum atomic E-state index is 11.4. The van der Waals surface area contributed by atoms with Crippen LogP contribution in [0.15, 0.2) is 30.5 Å². The van der Waals surface area contributed by atoms with Crippen LogP contribution >= 0.6 is 0 Å². The Morgan fingerprint density at radius 2 is 2.20 bits per heavy atom. The van der Waals surface area contributed by atoms with Gasteiger partial charge in [0.1, 0.15) is 11.4 Å². The highest BCUT2D eigenvalue weighted by Gasteiger charge is 2.25. The molecule has 2 heterocycles. The van der Waals surface area contributed by atoms with Crippen molar-refractivity contribution in [3.05, 3.63) is 47.2 Å². The Kier molecular flexibility index (Phi) is 3.18. The number of carbonyl (C=O) groups is 1. The van der Waals surface area contributed by atoms with Gasteiger partial charge in [0.2, 0.25) is 0 Å². The number of primary amides is 1. The van der Waals surface area contributed by atoms with Crippen LogP contribution < -0.4 is 11.1 Å². The van der Waals surface area contributed by atoms with Gasteiger partial charge in [-0.05, 0) is 24.0 Å². The van der Waals surface area contributed by atoms with Gasteiger partial charge in [-0.1, -0.05) is 31.2 Å². The van der Waals surface area contributed by atoms with Crippen LogP contribution in [-0.2, 0) is 6.42 Å². The molecule has 1 unspecified atom stereocenters. The Morgan fingerprint density at radius 1 is 1.45 bits per heavy atom. The van der Waals surface area contributed by atoms with Crippen molar-refractivity contribution >= 4 is 11.7 Å². The molecule has 0 saturated heterocycles. The number of hydrogen-bond acceptors (Lipinski definition) is 3. The summed E-state index contributed by atoms with van der Waals surface area (Å²) in [4.78, 5) is 11.4. The lowest BCUT2D eigenvalue weighted by molar-refractivity contribution is 0.100. The fourth-order valence-corrected chi connectivity index (χ4v) is 2.69. The fourth-order valence-electron chi connectivity index (χ4n) is 2.69. The van der Waals surface area contributed by atoms with Gasteiger partial charge in [0.05, 0.1) is 12.2 Å². The zero-order chi connectivity index (χ0) is 14.1. The number of amides is 1. The van der Waals surface area contributed by atoms with E-state index >= 15 is 0 Å². The minimum absolute atomic E-state index is 0.158. The van der Waals surface area contributed by atoms with Gasteiger partial charge in [-0.3, -0.25) is 4.79 Å². The highest BCUT2D eigenvalue weighted by atomic mass is 16.1. The molecule has 104 valence electrons. The van der Waals surface area contributed by atoms with E-state index in [4.69, 9.17) is 5.73 Å². The first-order valence-corrected chi connectivity index (χ1v) is 6.90. The van der Waals surface area contributed by atoms with E-state index in [0.717, 1.165) is 25.2 Å². The van der Waals surface area contributed by atoms with Gasteiger partial charge in [-0.15, -0.1) is 0 Å². The average Bonchev–Trinajstić information content (AvgIpc) is 2.91. The molecule has 1 aliphatic heterocycles. The smallest absolute Gasteiger partial charge is 0.254 e. The molecular weight excluding hydrogens is 252 g/mol. The Morgan fingerprint density at radius 3 is 2.85 bits per heavy atom. The molecule has 0 aliphatic carbocycles. The quantitative estimate of drug-likeness (QED) is 0.895. The van der Waals surface area contributed by atoms with Crippen LogP contribution in [0.2, 0.25) is 0 Å². The number of nitrogens with zero attached hydrogens (tertiary/aromatic N) is 2. The number of nitrogens with two attached hydrogens (primary N) is 1. The van der Waals surface area contributed by atoms with Gasteiger partial charge < -0.3 is 11.1 Å². The second-order valence-corrected chi connectivity index (χ2v) is 5.04. The van der Waals surface area contributed by atoms with Crippen molar-refractivity contribution in [2.75, 3.05) is 11.9 Å². The Labute approximate surface area is 117 Å². The van der Waals surface area contributed by atoms with Crippen LogP contribution in [0, 0.1) is 0 Å². The fraction of sp³-hybridized carbons (Fsp3) is 0.333. The van der Waals surface area contributed by atoms with Gasteiger partial charge in [-0.2, -0.15) is 5.10 Å². The molecule has 2 aromatic rings. The van der Waals surface area contributed by atoms with Crippen molar-refractivity contribution in [2.45, 2.75) is 25.8 Å². The van der Waals surface area contributed by atoms with Crippen LogP contribution in [0.5, 0.6) is 0 Å². The Balaban J connectivity index is 1.98. The maximum absolute atomic E-state index is 11.4. The van der Waals surface area contributed by atoms with Gasteiger partial charge in [0, 0.05) is 6.54 Å². The van der Waals surface area contributed by atoms with E-state index in [1.807, 2.05) is 4.68 Å². The zero-order valence-corrected chi connectivity index (χ0v) is 11.5. The van der Waals surface area contributed by atoms with Crippen molar-refractivity contribution in [1.29, 1.82) is 0 Å². The summed E-state index contributed by atoms with van der Waals surface area (Å²) in [6.45, 7) is 2.95. The normalized spacial score (nSPS) is 17.4. The summed E-state index contributed by atoms with van der Waals surface area (Å²) in [7, 11) is 0. The van der Waals surface area contributed by atoms with Crippen molar-refractivity contribution < 1.29 is 4.79 Å². The molecule has 1 aromatic carbocycles. The first-order valence-electron chi connectivity index (χ1n) is 6.90.